The van der Waals surface area contributed by atoms with E-state index in [4.69, 9.17) is 4.74 Å². The van der Waals surface area contributed by atoms with Crippen molar-refractivity contribution >= 4 is 31.9 Å². The van der Waals surface area contributed by atoms with Crippen molar-refractivity contribution in [2.75, 3.05) is 6.61 Å². The van der Waals surface area contributed by atoms with E-state index in [1.165, 1.54) is 5.56 Å². The van der Waals surface area contributed by atoms with E-state index in [1.807, 2.05) is 6.07 Å². The van der Waals surface area contributed by atoms with Gasteiger partial charge in [0.25, 0.3) is 5.56 Å². The molecule has 0 aliphatic carbocycles. The van der Waals surface area contributed by atoms with E-state index in [0.717, 1.165) is 26.7 Å². The second kappa shape index (κ2) is 5.13. The van der Waals surface area contributed by atoms with Crippen LogP contribution in [0.1, 0.15) is 11.1 Å². The topological polar surface area (TPSA) is 31.2 Å². The molecule has 3 rings (SSSR count). The Morgan fingerprint density at radius 1 is 1.21 bits per heavy atom. The van der Waals surface area contributed by atoms with Gasteiger partial charge in [-0.3, -0.25) is 4.79 Å². The van der Waals surface area contributed by atoms with Crippen molar-refractivity contribution in [3.8, 4) is 5.75 Å². The molecule has 0 fully saturated rings. The summed E-state index contributed by atoms with van der Waals surface area (Å²) in [5.74, 6) is 0.926. The smallest absolute Gasteiger partial charge is 0.250 e. The van der Waals surface area contributed by atoms with Crippen LogP contribution in [0.2, 0.25) is 0 Å². The van der Waals surface area contributed by atoms with Crippen LogP contribution in [-0.4, -0.2) is 11.2 Å². The van der Waals surface area contributed by atoms with Gasteiger partial charge in [0, 0.05) is 33.2 Å². The number of hydrogen-bond acceptors (Lipinski definition) is 2. The molecular weight excluding hydrogens is 374 g/mol. The third-order valence-corrected chi connectivity index (χ3v) is 4.04. The summed E-state index contributed by atoms with van der Waals surface area (Å²) in [4.78, 5) is 11.9. The summed E-state index contributed by atoms with van der Waals surface area (Å²) in [6.45, 7) is 1.23. The van der Waals surface area contributed by atoms with Crippen LogP contribution in [0.3, 0.4) is 0 Å². The lowest BCUT2D eigenvalue weighted by molar-refractivity contribution is 0.352. The van der Waals surface area contributed by atoms with Crippen LogP contribution in [0, 0.1) is 0 Å². The number of nitrogens with zero attached hydrogens (tertiary/aromatic N) is 1. The number of aromatic nitrogens is 1. The van der Waals surface area contributed by atoms with Crippen molar-refractivity contribution in [1.82, 2.24) is 4.57 Å². The lowest BCUT2D eigenvalue weighted by Gasteiger charge is -2.11. The average molecular weight is 385 g/mol. The predicted molar refractivity (Wildman–Crippen MR) is 80.8 cm³/mol. The molecule has 3 nitrogen and oxygen atoms in total. The number of fused-ring (bicyclic) bond motifs is 1. The lowest BCUT2D eigenvalue weighted by Crippen LogP contribution is -2.19. The fourth-order valence-electron chi connectivity index (χ4n) is 2.27. The Hall–Kier alpha value is -1.07. The van der Waals surface area contributed by atoms with Gasteiger partial charge in [-0.25, -0.2) is 0 Å². The zero-order valence-electron chi connectivity index (χ0n) is 10.0. The fourth-order valence-corrected chi connectivity index (χ4v) is 3.20. The van der Waals surface area contributed by atoms with E-state index in [1.54, 1.807) is 22.9 Å². The Morgan fingerprint density at radius 3 is 2.89 bits per heavy atom. The van der Waals surface area contributed by atoms with Crippen molar-refractivity contribution in [2.45, 2.75) is 13.0 Å². The first-order chi connectivity index (χ1) is 9.13. The van der Waals surface area contributed by atoms with Gasteiger partial charge < -0.3 is 9.30 Å². The predicted octanol–water partition coefficient (Wildman–Crippen LogP) is 3.36. The van der Waals surface area contributed by atoms with Gasteiger partial charge in [0.2, 0.25) is 0 Å². The fraction of sp³-hybridized carbons (Fsp3) is 0.214. The van der Waals surface area contributed by atoms with E-state index in [0.29, 0.717) is 13.2 Å². The number of rotatable bonds is 2. The molecule has 0 bridgehead atoms. The molecule has 0 N–H and O–H groups in total. The second-order valence-electron chi connectivity index (χ2n) is 4.47. The molecule has 0 saturated carbocycles. The van der Waals surface area contributed by atoms with Crippen LogP contribution in [0.25, 0.3) is 0 Å². The molecular formula is C14H11Br2NO2. The maximum atomic E-state index is 11.9. The Labute approximate surface area is 127 Å². The van der Waals surface area contributed by atoms with E-state index in [9.17, 15) is 4.79 Å². The number of halogens is 2. The molecule has 2 aromatic rings. The first kappa shape index (κ1) is 12.9. The van der Waals surface area contributed by atoms with Crippen LogP contribution in [-0.2, 0) is 13.0 Å². The summed E-state index contributed by atoms with van der Waals surface area (Å²) >= 11 is 6.90. The van der Waals surface area contributed by atoms with Crippen LogP contribution in [0.5, 0.6) is 5.75 Å². The van der Waals surface area contributed by atoms with Crippen LogP contribution >= 0.6 is 31.9 Å². The quantitative estimate of drug-likeness (QED) is 0.794. The van der Waals surface area contributed by atoms with E-state index in [2.05, 4.69) is 37.9 Å². The number of benzene rings is 1. The monoisotopic (exact) mass is 383 g/mol. The van der Waals surface area contributed by atoms with E-state index in [-0.39, 0.29) is 5.56 Å². The van der Waals surface area contributed by atoms with Crippen molar-refractivity contribution in [1.29, 1.82) is 0 Å². The second-order valence-corrected chi connectivity index (χ2v) is 6.30. The number of pyridine rings is 1. The van der Waals surface area contributed by atoms with Gasteiger partial charge in [0.05, 0.1) is 13.2 Å². The summed E-state index contributed by atoms with van der Waals surface area (Å²) in [6, 6.07) is 7.40. The molecule has 2 heterocycles. The minimum Gasteiger partial charge on any atom is -0.493 e. The van der Waals surface area contributed by atoms with E-state index >= 15 is 0 Å². The number of hydrogen-bond donors (Lipinski definition) is 0. The Bertz CT molecular complexity index is 694. The third-order valence-electron chi connectivity index (χ3n) is 3.11. The van der Waals surface area contributed by atoms with Crippen molar-refractivity contribution in [2.24, 2.45) is 0 Å². The highest BCUT2D eigenvalue weighted by Crippen LogP contribution is 2.33. The van der Waals surface area contributed by atoms with Crippen molar-refractivity contribution in [3.05, 3.63) is 60.9 Å². The molecule has 5 heteroatoms. The summed E-state index contributed by atoms with van der Waals surface area (Å²) in [5, 5.41) is 0. The summed E-state index contributed by atoms with van der Waals surface area (Å²) in [5.41, 5.74) is 2.21. The molecule has 1 aromatic heterocycles. The molecule has 1 aliphatic rings. The highest BCUT2D eigenvalue weighted by molar-refractivity contribution is 9.10. The van der Waals surface area contributed by atoms with Gasteiger partial charge in [-0.2, -0.15) is 0 Å². The average Bonchev–Trinajstić information content (AvgIpc) is 2.82. The molecule has 0 amide bonds. The summed E-state index contributed by atoms with van der Waals surface area (Å²) in [7, 11) is 0. The molecule has 1 aromatic carbocycles. The summed E-state index contributed by atoms with van der Waals surface area (Å²) < 4.78 is 9.26. The molecule has 19 heavy (non-hydrogen) atoms. The molecule has 1 aliphatic heterocycles. The van der Waals surface area contributed by atoms with Crippen molar-refractivity contribution in [3.63, 3.8) is 0 Å². The van der Waals surface area contributed by atoms with Gasteiger partial charge in [-0.15, -0.1) is 0 Å². The molecule has 0 spiro atoms. The zero-order chi connectivity index (χ0) is 13.4. The lowest BCUT2D eigenvalue weighted by atomic mass is 10.1. The third kappa shape index (κ3) is 2.62. The standard InChI is InChI=1S/C14H11Br2NO2/c15-11-1-2-13(18)17(8-11)7-10-6-12(16)5-9-3-4-19-14(9)10/h1-2,5-6,8H,3-4,7H2. The molecule has 0 unspecified atom stereocenters. The maximum absolute atomic E-state index is 11.9. The summed E-state index contributed by atoms with van der Waals surface area (Å²) in [6.07, 6.45) is 2.72. The minimum atomic E-state index is -0.0186. The highest BCUT2D eigenvalue weighted by atomic mass is 79.9. The molecule has 98 valence electrons. The van der Waals surface area contributed by atoms with E-state index < -0.39 is 0 Å². The number of ether oxygens (including phenoxy) is 1. The molecule has 0 atom stereocenters. The van der Waals surface area contributed by atoms with Crippen LogP contribution in [0.15, 0.2) is 44.2 Å². The van der Waals surface area contributed by atoms with Crippen molar-refractivity contribution < 1.29 is 4.74 Å². The van der Waals surface area contributed by atoms with Crippen LogP contribution < -0.4 is 10.3 Å². The first-order valence-corrected chi connectivity index (χ1v) is 7.52. The zero-order valence-corrected chi connectivity index (χ0v) is 13.2. The largest absolute Gasteiger partial charge is 0.493 e. The minimum absolute atomic E-state index is 0.0186. The Balaban J connectivity index is 2.04. The van der Waals surface area contributed by atoms with Gasteiger partial charge in [-0.1, -0.05) is 15.9 Å². The van der Waals surface area contributed by atoms with Gasteiger partial charge >= 0.3 is 0 Å². The normalized spacial score (nSPS) is 13.2. The molecule has 0 saturated heterocycles. The maximum Gasteiger partial charge on any atom is 0.250 e. The SMILES string of the molecule is O=c1ccc(Br)cn1Cc1cc(Br)cc2c1OCC2. The Morgan fingerprint density at radius 2 is 2.05 bits per heavy atom. The van der Waals surface area contributed by atoms with Gasteiger partial charge in [-0.05, 0) is 39.7 Å². The first-order valence-electron chi connectivity index (χ1n) is 5.93. The van der Waals surface area contributed by atoms with Gasteiger partial charge in [0.1, 0.15) is 5.75 Å². The van der Waals surface area contributed by atoms with Crippen LogP contribution in [0.4, 0.5) is 0 Å². The highest BCUT2D eigenvalue weighted by Gasteiger charge is 2.17. The molecule has 0 radical (unpaired) electrons. The Kier molecular flexibility index (Phi) is 3.50. The van der Waals surface area contributed by atoms with Gasteiger partial charge in [0.15, 0.2) is 0 Å².